The Morgan fingerprint density at radius 3 is 0.273 bits per heavy atom. The van der Waals surface area contributed by atoms with Crippen molar-refractivity contribution in [3.05, 3.63) is 0 Å². The third-order valence-electron chi connectivity index (χ3n) is 0. The third kappa shape index (κ3) is 230. The summed E-state index contributed by atoms with van der Waals surface area (Å²) in [5.41, 5.74) is 0. The fourth-order valence-electron chi connectivity index (χ4n) is 0. The van der Waals surface area contributed by atoms with E-state index in [1.165, 1.54) is 0 Å². The van der Waals surface area contributed by atoms with Gasteiger partial charge in [-0.1, -0.05) is 0 Å². The second-order valence-corrected chi connectivity index (χ2v) is 0. The van der Waals surface area contributed by atoms with Gasteiger partial charge >= 0.3 is 46.1 Å². The van der Waals surface area contributed by atoms with Gasteiger partial charge in [0.15, 0.2) is 0 Å². The zero-order valence-electron chi connectivity index (χ0n) is 4.39. The molecular weight excluding hydrogens is 262 g/mol. The summed E-state index contributed by atoms with van der Waals surface area (Å²) in [5, 5.41) is 0. The van der Waals surface area contributed by atoms with Crippen LogP contribution in [0.25, 0.3) is 0 Å². The predicted octanol–water partition coefficient (Wildman–Crippen LogP) is -7.61. The smallest absolute Gasteiger partial charge is 0.316 e. The van der Waals surface area contributed by atoms with Crippen molar-refractivity contribution in [3.8, 4) is 0 Å². The molecule has 11 heteroatoms. The van der Waals surface area contributed by atoms with Gasteiger partial charge in [0.05, 0.1) is 0 Å². The molecule has 0 aromatic rings. The monoisotopic (exact) mass is 280 g/mol. The van der Waals surface area contributed by atoms with Crippen LogP contribution in [-0.2, 0) is 37.1 Å². The molecule has 0 aromatic carbocycles. The summed E-state index contributed by atoms with van der Waals surface area (Å²) in [4.78, 5) is 0. The molecule has 74 valence electrons. The summed E-state index contributed by atoms with van der Waals surface area (Å²) < 4.78 is 0. The molecule has 0 saturated carbocycles. The van der Waals surface area contributed by atoms with Crippen molar-refractivity contribution in [2.24, 2.45) is 0 Å². The first-order valence-corrected chi connectivity index (χ1v) is 0. The first-order valence-electron chi connectivity index (χ1n) is 0. The maximum Gasteiger partial charge on any atom is 0.316 e. The Hall–Kier alpha value is 2.42. The van der Waals surface area contributed by atoms with Gasteiger partial charge in [0.25, 0.3) is 0 Å². The molecule has 7 nitrogen and oxygen atoms in total. The molecule has 0 amide bonds. The Labute approximate surface area is 120 Å². The molecule has 11 heavy (non-hydrogen) atoms. The Bertz CT molecular complexity index is 14.4. The van der Waals surface area contributed by atoms with Gasteiger partial charge in [0.2, 0.25) is 0 Å². The quantitative estimate of drug-likeness (QED) is 0.377. The fourth-order valence-corrected chi connectivity index (χ4v) is 0. The topological polar surface area (TPSA) is 220 Å². The van der Waals surface area contributed by atoms with Crippen LogP contribution in [0, 0.1) is 0 Å². The standard InChI is InChI=1S/2Mg.7H2O.2V.4H/h;;7*1H2;;;;;;. The summed E-state index contributed by atoms with van der Waals surface area (Å²) in [7, 11) is 0. The first-order chi connectivity index (χ1) is 0. The first kappa shape index (κ1) is 353. The average molecular weight is 281 g/mol. The van der Waals surface area contributed by atoms with E-state index in [4.69, 9.17) is 0 Å². The van der Waals surface area contributed by atoms with Crippen molar-refractivity contribution in [2.75, 3.05) is 0 Å². The molecule has 14 N–H and O–H groups in total. The molecule has 0 aliphatic carbocycles. The Morgan fingerprint density at radius 2 is 0.273 bits per heavy atom. The van der Waals surface area contributed by atoms with E-state index in [2.05, 4.69) is 0 Å². The third-order valence-corrected chi connectivity index (χ3v) is 0. The molecule has 0 fully saturated rings. The molecule has 0 aromatic heterocycles. The zero-order chi connectivity index (χ0) is 0. The van der Waals surface area contributed by atoms with Gasteiger partial charge in [-0.3, -0.25) is 0 Å². The van der Waals surface area contributed by atoms with E-state index in [0.29, 0.717) is 0 Å². The molecule has 0 heterocycles. The summed E-state index contributed by atoms with van der Waals surface area (Å²) in [5.74, 6) is 0. The minimum atomic E-state index is 0. The van der Waals surface area contributed by atoms with Gasteiger partial charge in [-0.25, -0.2) is 0 Å². The molecule has 0 spiro atoms. The summed E-state index contributed by atoms with van der Waals surface area (Å²) in [6.07, 6.45) is 0. The normalized spacial score (nSPS) is 0. The van der Waals surface area contributed by atoms with Gasteiger partial charge in [-0.2, -0.15) is 0 Å². The average Bonchev–Trinajstić information content (AvgIpc) is 0. The molecule has 0 atom stereocenters. The fraction of sp³-hybridized carbons (Fsp3) is 0. The van der Waals surface area contributed by atoms with Crippen LogP contribution in [0.2, 0.25) is 0 Å². The van der Waals surface area contributed by atoms with Gasteiger partial charge < -0.3 is 38.3 Å². The van der Waals surface area contributed by atoms with E-state index < -0.39 is 0 Å². The minimum absolute atomic E-state index is 0. The van der Waals surface area contributed by atoms with E-state index in [0.717, 1.165) is 0 Å². The van der Waals surface area contributed by atoms with Crippen LogP contribution in [-0.4, -0.2) is 84.4 Å². The molecule has 0 aliphatic rings. The number of hydrogen-bond acceptors (Lipinski definition) is 0. The number of rotatable bonds is 0. The van der Waals surface area contributed by atoms with E-state index in [-0.39, 0.29) is 122 Å². The Balaban J connectivity index is 0. The second-order valence-electron chi connectivity index (χ2n) is 0. The molecule has 2 radical (unpaired) electrons. The van der Waals surface area contributed by atoms with Gasteiger partial charge in [0, 0.05) is 37.1 Å². The maximum atomic E-state index is 0. The SMILES string of the molecule is O.O.O.O.O.O.O.[MgH2].[MgH2].[V].[V]. The molecule has 0 aliphatic heterocycles. The van der Waals surface area contributed by atoms with Crippen LogP contribution in [0.3, 0.4) is 0 Å². The van der Waals surface area contributed by atoms with Gasteiger partial charge in [0.1, 0.15) is 0 Å². The summed E-state index contributed by atoms with van der Waals surface area (Å²) in [6.45, 7) is 0. The number of hydrogen-bond donors (Lipinski definition) is 0. The largest absolute Gasteiger partial charge is 0.412 e. The molecule has 0 saturated heterocycles. The van der Waals surface area contributed by atoms with Crippen LogP contribution >= 0.6 is 0 Å². The van der Waals surface area contributed by atoms with Crippen LogP contribution in [0.15, 0.2) is 0 Å². The van der Waals surface area contributed by atoms with Gasteiger partial charge in [-0.15, -0.1) is 0 Å². The predicted molar refractivity (Wildman–Crippen MR) is 42.4 cm³/mol. The zero-order valence-corrected chi connectivity index (χ0v) is 7.19. The molecule has 0 rings (SSSR count). The molecule has 0 bridgehead atoms. The van der Waals surface area contributed by atoms with E-state index in [1.54, 1.807) is 0 Å². The summed E-state index contributed by atoms with van der Waals surface area (Å²) in [6, 6.07) is 0. The van der Waals surface area contributed by atoms with E-state index in [9.17, 15) is 0 Å². The minimum Gasteiger partial charge on any atom is -0.412 e. The Morgan fingerprint density at radius 1 is 0.273 bits per heavy atom. The van der Waals surface area contributed by atoms with Gasteiger partial charge in [-0.05, 0) is 0 Å². The second kappa shape index (κ2) is 276. The van der Waals surface area contributed by atoms with Crippen LogP contribution in [0.4, 0.5) is 0 Å². The van der Waals surface area contributed by atoms with Crippen LogP contribution < -0.4 is 0 Å². The Kier molecular flexibility index (Phi) is 8870. The van der Waals surface area contributed by atoms with Crippen molar-refractivity contribution in [2.45, 2.75) is 0 Å². The van der Waals surface area contributed by atoms with E-state index in [1.807, 2.05) is 0 Å². The van der Waals surface area contributed by atoms with Crippen LogP contribution in [0.5, 0.6) is 0 Å². The van der Waals surface area contributed by atoms with Crippen LogP contribution in [0.1, 0.15) is 0 Å². The van der Waals surface area contributed by atoms with Crippen molar-refractivity contribution in [1.29, 1.82) is 0 Å². The van der Waals surface area contributed by atoms with Crippen molar-refractivity contribution < 1.29 is 75.4 Å². The maximum absolute atomic E-state index is 0. The van der Waals surface area contributed by atoms with Crippen molar-refractivity contribution in [3.63, 3.8) is 0 Å². The van der Waals surface area contributed by atoms with Crippen molar-refractivity contribution >= 4 is 46.1 Å². The molecular formula is H18Mg2O7V2. The molecule has 0 unspecified atom stereocenters. The van der Waals surface area contributed by atoms with Crippen molar-refractivity contribution in [1.82, 2.24) is 0 Å². The van der Waals surface area contributed by atoms with E-state index >= 15 is 0 Å². The summed E-state index contributed by atoms with van der Waals surface area (Å²) >= 11 is 0.